The van der Waals surface area contributed by atoms with Crippen molar-refractivity contribution in [2.24, 2.45) is 0 Å². The molecule has 21 heavy (non-hydrogen) atoms. The van der Waals surface area contributed by atoms with Crippen LogP contribution in [0.2, 0.25) is 5.02 Å². The number of piperidine rings is 1. The molecule has 0 aromatic heterocycles. The van der Waals surface area contributed by atoms with Crippen LogP contribution in [0.15, 0.2) is 48.5 Å². The summed E-state index contributed by atoms with van der Waals surface area (Å²) in [6.45, 7) is 0. The Morgan fingerprint density at radius 3 is 2.38 bits per heavy atom. The smallest absolute Gasteiger partial charge is 0.227 e. The van der Waals surface area contributed by atoms with Crippen LogP contribution in [-0.2, 0) is 4.79 Å². The van der Waals surface area contributed by atoms with Crippen LogP contribution in [-0.4, -0.2) is 11.0 Å². The molecule has 3 nitrogen and oxygen atoms in total. The lowest BCUT2D eigenvalue weighted by atomic mass is 9.94. The minimum Gasteiger partial charge on any atom is -0.508 e. The molecule has 0 spiro atoms. The molecule has 2 aromatic carbocycles. The van der Waals surface area contributed by atoms with Crippen LogP contribution >= 0.6 is 11.6 Å². The van der Waals surface area contributed by atoms with E-state index in [1.165, 1.54) is 0 Å². The van der Waals surface area contributed by atoms with Crippen molar-refractivity contribution < 1.29 is 9.90 Å². The number of phenolic OH excluding ortho intramolecular Hbond substituents is 1. The monoisotopic (exact) mass is 301 g/mol. The number of benzene rings is 2. The van der Waals surface area contributed by atoms with Gasteiger partial charge in [-0.15, -0.1) is 0 Å². The SMILES string of the molecule is O=C1CCCC(c2ccc(Cl)cc2)N1c1ccc(O)cc1. The molecule has 1 unspecified atom stereocenters. The van der Waals surface area contributed by atoms with Gasteiger partial charge in [0.2, 0.25) is 5.91 Å². The van der Waals surface area contributed by atoms with Gasteiger partial charge in [-0.1, -0.05) is 23.7 Å². The molecule has 1 heterocycles. The Morgan fingerprint density at radius 2 is 1.71 bits per heavy atom. The van der Waals surface area contributed by atoms with Crippen molar-refractivity contribution in [3.63, 3.8) is 0 Å². The van der Waals surface area contributed by atoms with E-state index in [4.69, 9.17) is 11.6 Å². The minimum absolute atomic E-state index is 0.0214. The summed E-state index contributed by atoms with van der Waals surface area (Å²) in [6, 6.07) is 14.4. The topological polar surface area (TPSA) is 40.5 Å². The number of carbonyl (C=O) groups excluding carboxylic acids is 1. The van der Waals surface area contributed by atoms with Crippen LogP contribution in [0.1, 0.15) is 30.9 Å². The average Bonchev–Trinajstić information content (AvgIpc) is 2.49. The highest BCUT2D eigenvalue weighted by atomic mass is 35.5. The Bertz CT molecular complexity index is 637. The highest BCUT2D eigenvalue weighted by Crippen LogP contribution is 2.36. The third kappa shape index (κ3) is 2.88. The number of phenols is 1. The number of hydrogen-bond donors (Lipinski definition) is 1. The van der Waals surface area contributed by atoms with Gasteiger partial charge in [0.1, 0.15) is 5.75 Å². The normalized spacial score (nSPS) is 18.8. The Labute approximate surface area is 128 Å². The summed E-state index contributed by atoms with van der Waals surface area (Å²) in [6.07, 6.45) is 2.37. The maximum atomic E-state index is 12.4. The fourth-order valence-corrected chi connectivity index (χ4v) is 2.93. The van der Waals surface area contributed by atoms with E-state index >= 15 is 0 Å². The maximum absolute atomic E-state index is 12.4. The zero-order chi connectivity index (χ0) is 14.8. The zero-order valence-electron chi connectivity index (χ0n) is 11.5. The van der Waals surface area contributed by atoms with E-state index in [0.717, 1.165) is 24.1 Å². The summed E-state index contributed by atoms with van der Waals surface area (Å²) in [7, 11) is 0. The van der Waals surface area contributed by atoms with Crippen molar-refractivity contribution >= 4 is 23.2 Å². The number of carbonyl (C=O) groups is 1. The lowest BCUT2D eigenvalue weighted by molar-refractivity contribution is -0.120. The fraction of sp³-hybridized carbons (Fsp3) is 0.235. The van der Waals surface area contributed by atoms with E-state index in [9.17, 15) is 9.90 Å². The van der Waals surface area contributed by atoms with Crippen molar-refractivity contribution in [2.75, 3.05) is 4.90 Å². The van der Waals surface area contributed by atoms with Gasteiger partial charge in [-0.25, -0.2) is 0 Å². The lowest BCUT2D eigenvalue weighted by Crippen LogP contribution is -2.38. The molecule has 1 atom stereocenters. The molecule has 1 aliphatic rings. The van der Waals surface area contributed by atoms with Crippen molar-refractivity contribution in [3.8, 4) is 5.75 Å². The molecule has 0 saturated carbocycles. The third-order valence-corrected chi connectivity index (χ3v) is 4.08. The molecular weight excluding hydrogens is 286 g/mol. The second kappa shape index (κ2) is 5.78. The van der Waals surface area contributed by atoms with Gasteiger partial charge in [-0.3, -0.25) is 4.79 Å². The number of nitrogens with zero attached hydrogens (tertiary/aromatic N) is 1. The van der Waals surface area contributed by atoms with Crippen LogP contribution in [0.25, 0.3) is 0 Å². The molecule has 0 aliphatic carbocycles. The van der Waals surface area contributed by atoms with E-state index in [1.54, 1.807) is 24.3 Å². The van der Waals surface area contributed by atoms with Crippen molar-refractivity contribution in [1.82, 2.24) is 0 Å². The molecule has 108 valence electrons. The summed E-state index contributed by atoms with van der Waals surface area (Å²) < 4.78 is 0. The average molecular weight is 302 g/mol. The Hall–Kier alpha value is -2.00. The number of rotatable bonds is 2. The number of halogens is 1. The van der Waals surface area contributed by atoms with Gasteiger partial charge >= 0.3 is 0 Å². The molecule has 1 aliphatic heterocycles. The minimum atomic E-state index is 0.0214. The summed E-state index contributed by atoms with van der Waals surface area (Å²) in [5.41, 5.74) is 1.90. The molecule has 1 amide bonds. The van der Waals surface area contributed by atoms with Crippen LogP contribution < -0.4 is 4.90 Å². The van der Waals surface area contributed by atoms with E-state index in [-0.39, 0.29) is 17.7 Å². The molecule has 2 aromatic rings. The summed E-state index contributed by atoms with van der Waals surface area (Å²) >= 11 is 5.94. The Balaban J connectivity index is 1.98. The molecule has 1 saturated heterocycles. The standard InChI is InChI=1S/C17H16ClNO2/c18-13-6-4-12(5-7-13)16-2-1-3-17(21)19(16)14-8-10-15(20)11-9-14/h4-11,16,20H,1-3H2. The van der Waals surface area contributed by atoms with Crippen molar-refractivity contribution in [2.45, 2.75) is 25.3 Å². The highest BCUT2D eigenvalue weighted by Gasteiger charge is 2.30. The van der Waals surface area contributed by atoms with Crippen molar-refractivity contribution in [3.05, 3.63) is 59.1 Å². The van der Waals surface area contributed by atoms with E-state index in [0.29, 0.717) is 11.4 Å². The quantitative estimate of drug-likeness (QED) is 0.898. The van der Waals surface area contributed by atoms with Gasteiger partial charge in [-0.05, 0) is 54.8 Å². The predicted molar refractivity (Wildman–Crippen MR) is 83.6 cm³/mol. The summed E-state index contributed by atoms with van der Waals surface area (Å²) in [4.78, 5) is 14.2. The second-order valence-corrected chi connectivity index (χ2v) is 5.68. The summed E-state index contributed by atoms with van der Waals surface area (Å²) in [5.74, 6) is 0.318. The predicted octanol–water partition coefficient (Wildman–Crippen LogP) is 4.30. The Morgan fingerprint density at radius 1 is 1.05 bits per heavy atom. The fourth-order valence-electron chi connectivity index (χ4n) is 2.81. The van der Waals surface area contributed by atoms with Crippen LogP contribution in [0, 0.1) is 0 Å². The zero-order valence-corrected chi connectivity index (χ0v) is 12.3. The highest BCUT2D eigenvalue weighted by molar-refractivity contribution is 6.30. The first-order valence-electron chi connectivity index (χ1n) is 7.02. The molecule has 1 fully saturated rings. The number of aromatic hydroxyl groups is 1. The maximum Gasteiger partial charge on any atom is 0.227 e. The Kier molecular flexibility index (Phi) is 3.84. The van der Waals surface area contributed by atoms with Crippen molar-refractivity contribution in [1.29, 1.82) is 0 Å². The van der Waals surface area contributed by atoms with Crippen LogP contribution in [0.5, 0.6) is 5.75 Å². The first kappa shape index (κ1) is 14.0. The molecule has 1 N–H and O–H groups in total. The van der Waals surface area contributed by atoms with Gasteiger partial charge in [0.25, 0.3) is 0 Å². The number of hydrogen-bond acceptors (Lipinski definition) is 2. The van der Waals surface area contributed by atoms with E-state index < -0.39 is 0 Å². The molecular formula is C17H16ClNO2. The van der Waals surface area contributed by atoms with Crippen LogP contribution in [0.4, 0.5) is 5.69 Å². The molecule has 0 radical (unpaired) electrons. The van der Waals surface area contributed by atoms with Gasteiger partial charge < -0.3 is 10.0 Å². The van der Waals surface area contributed by atoms with E-state index in [1.807, 2.05) is 29.2 Å². The van der Waals surface area contributed by atoms with Gasteiger partial charge in [-0.2, -0.15) is 0 Å². The second-order valence-electron chi connectivity index (χ2n) is 5.24. The molecule has 3 rings (SSSR count). The third-order valence-electron chi connectivity index (χ3n) is 3.83. The van der Waals surface area contributed by atoms with Gasteiger partial charge in [0.05, 0.1) is 6.04 Å². The first-order valence-corrected chi connectivity index (χ1v) is 7.39. The first-order chi connectivity index (χ1) is 10.1. The lowest BCUT2D eigenvalue weighted by Gasteiger charge is -2.36. The molecule has 4 heteroatoms. The molecule has 0 bridgehead atoms. The van der Waals surface area contributed by atoms with Gasteiger partial charge in [0, 0.05) is 17.1 Å². The number of anilines is 1. The van der Waals surface area contributed by atoms with Gasteiger partial charge in [0.15, 0.2) is 0 Å². The largest absolute Gasteiger partial charge is 0.508 e. The van der Waals surface area contributed by atoms with E-state index in [2.05, 4.69) is 0 Å². The van der Waals surface area contributed by atoms with Crippen LogP contribution in [0.3, 0.4) is 0 Å². The summed E-state index contributed by atoms with van der Waals surface area (Å²) in [5, 5.41) is 10.1. The number of amides is 1.